The molecule has 0 heterocycles. The summed E-state index contributed by atoms with van der Waals surface area (Å²) in [5, 5.41) is 11.6. The van der Waals surface area contributed by atoms with Crippen LogP contribution in [-0.2, 0) is 9.59 Å². The summed E-state index contributed by atoms with van der Waals surface area (Å²) in [5.74, 6) is -1.10. The van der Waals surface area contributed by atoms with Crippen LogP contribution in [0, 0.1) is 0 Å². The summed E-state index contributed by atoms with van der Waals surface area (Å²) in [7, 11) is 0. The van der Waals surface area contributed by atoms with Crippen LogP contribution < -0.4 is 5.32 Å². The molecule has 102 valence electrons. The summed E-state index contributed by atoms with van der Waals surface area (Å²) in [5.41, 5.74) is 2.06. The Kier molecular flexibility index (Phi) is 4.87. The van der Waals surface area contributed by atoms with Gasteiger partial charge in [0.25, 0.3) is 5.91 Å². The van der Waals surface area contributed by atoms with Gasteiger partial charge in [0.2, 0.25) is 0 Å². The molecule has 0 aliphatic heterocycles. The highest BCUT2D eigenvalue weighted by Gasteiger charge is 2.13. The highest BCUT2D eigenvalue weighted by molar-refractivity contribution is 6.08. The summed E-state index contributed by atoms with van der Waals surface area (Å²) in [6.07, 6.45) is 0. The zero-order chi connectivity index (χ0) is 14.6. The van der Waals surface area contributed by atoms with Crippen molar-refractivity contribution in [1.82, 2.24) is 0 Å². The molecule has 19 heavy (non-hydrogen) atoms. The molecule has 0 saturated carbocycles. The molecule has 0 spiro atoms. The van der Waals surface area contributed by atoms with E-state index in [1.807, 2.05) is 18.2 Å². The Hall–Kier alpha value is -2.10. The number of carbonyl (C=O) groups is 2. The fourth-order valence-electron chi connectivity index (χ4n) is 1.53. The van der Waals surface area contributed by atoms with Crippen LogP contribution in [0.2, 0.25) is 0 Å². The van der Waals surface area contributed by atoms with Gasteiger partial charge in [0.15, 0.2) is 0 Å². The molecule has 0 bridgehead atoms. The zero-order valence-electron chi connectivity index (χ0n) is 11.7. The van der Waals surface area contributed by atoms with Gasteiger partial charge in [-0.2, -0.15) is 0 Å². The largest absolute Gasteiger partial charge is 0.478 e. The van der Waals surface area contributed by atoms with Crippen molar-refractivity contribution >= 4 is 17.6 Å². The van der Waals surface area contributed by atoms with Crippen LogP contribution >= 0.6 is 0 Å². The lowest BCUT2D eigenvalue weighted by Crippen LogP contribution is -2.16. The van der Waals surface area contributed by atoms with Crippen molar-refractivity contribution in [2.45, 2.75) is 33.6 Å². The number of hydrogen-bond acceptors (Lipinski definition) is 2. The van der Waals surface area contributed by atoms with Gasteiger partial charge in [-0.05, 0) is 37.5 Å². The maximum absolute atomic E-state index is 11.9. The SMILES string of the molecule is CC(C(=O)O)=C(C)C(=O)Nc1cccc(C(C)C)c1. The third kappa shape index (κ3) is 3.95. The Balaban J connectivity index is 2.92. The number of carboxylic acids is 1. The van der Waals surface area contributed by atoms with E-state index in [0.717, 1.165) is 5.56 Å². The molecule has 0 aromatic heterocycles. The number of rotatable bonds is 4. The standard InChI is InChI=1S/C15H19NO3/c1-9(2)12-6-5-7-13(8-12)16-14(17)10(3)11(4)15(18)19/h5-9H,1-4H3,(H,16,17)(H,18,19). The van der Waals surface area contributed by atoms with Crippen LogP contribution in [0.3, 0.4) is 0 Å². The number of carbonyl (C=O) groups excluding carboxylic acids is 1. The van der Waals surface area contributed by atoms with Crippen molar-refractivity contribution < 1.29 is 14.7 Å². The van der Waals surface area contributed by atoms with Crippen LogP contribution in [0.1, 0.15) is 39.2 Å². The quantitative estimate of drug-likeness (QED) is 0.818. The van der Waals surface area contributed by atoms with Crippen molar-refractivity contribution in [3.05, 3.63) is 41.0 Å². The molecule has 1 aromatic carbocycles. The highest BCUT2D eigenvalue weighted by atomic mass is 16.4. The third-order valence-corrected chi connectivity index (χ3v) is 3.04. The number of hydrogen-bond donors (Lipinski definition) is 2. The second-order valence-electron chi connectivity index (χ2n) is 4.79. The first kappa shape index (κ1) is 15.0. The van der Waals surface area contributed by atoms with E-state index in [1.165, 1.54) is 13.8 Å². The molecule has 0 fully saturated rings. The van der Waals surface area contributed by atoms with E-state index < -0.39 is 5.97 Å². The van der Waals surface area contributed by atoms with Crippen molar-refractivity contribution in [3.63, 3.8) is 0 Å². The van der Waals surface area contributed by atoms with E-state index in [9.17, 15) is 9.59 Å². The molecule has 2 N–H and O–H groups in total. The Morgan fingerprint density at radius 3 is 2.32 bits per heavy atom. The number of nitrogens with one attached hydrogen (secondary N) is 1. The van der Waals surface area contributed by atoms with Crippen molar-refractivity contribution in [1.29, 1.82) is 0 Å². The van der Waals surface area contributed by atoms with Gasteiger partial charge in [0, 0.05) is 16.8 Å². The molecule has 1 amide bonds. The summed E-state index contributed by atoms with van der Waals surface area (Å²) >= 11 is 0. The van der Waals surface area contributed by atoms with Crippen LogP contribution in [0.4, 0.5) is 5.69 Å². The van der Waals surface area contributed by atoms with E-state index in [1.54, 1.807) is 6.07 Å². The first-order valence-corrected chi connectivity index (χ1v) is 6.15. The van der Waals surface area contributed by atoms with Crippen molar-refractivity contribution in [2.75, 3.05) is 5.32 Å². The smallest absolute Gasteiger partial charge is 0.331 e. The maximum Gasteiger partial charge on any atom is 0.331 e. The number of aliphatic carboxylic acids is 1. The molecule has 1 aromatic rings. The average Bonchev–Trinajstić information content (AvgIpc) is 2.37. The lowest BCUT2D eigenvalue weighted by molar-refractivity contribution is -0.133. The van der Waals surface area contributed by atoms with Gasteiger partial charge in [0.1, 0.15) is 0 Å². The molecular weight excluding hydrogens is 242 g/mol. The topological polar surface area (TPSA) is 66.4 Å². The minimum absolute atomic E-state index is 0.0533. The molecule has 0 aliphatic carbocycles. The molecule has 0 aliphatic rings. The Morgan fingerprint density at radius 2 is 1.79 bits per heavy atom. The molecule has 1 rings (SSSR count). The summed E-state index contributed by atoms with van der Waals surface area (Å²) in [6, 6.07) is 7.54. The Labute approximate surface area is 113 Å². The number of benzene rings is 1. The third-order valence-electron chi connectivity index (χ3n) is 3.04. The van der Waals surface area contributed by atoms with Gasteiger partial charge in [-0.15, -0.1) is 0 Å². The van der Waals surface area contributed by atoms with E-state index >= 15 is 0 Å². The van der Waals surface area contributed by atoms with Crippen LogP contribution in [-0.4, -0.2) is 17.0 Å². The minimum Gasteiger partial charge on any atom is -0.478 e. The van der Waals surface area contributed by atoms with Crippen LogP contribution in [0.5, 0.6) is 0 Å². The van der Waals surface area contributed by atoms with E-state index in [0.29, 0.717) is 11.6 Å². The second kappa shape index (κ2) is 6.18. The Morgan fingerprint density at radius 1 is 1.16 bits per heavy atom. The minimum atomic E-state index is -1.08. The van der Waals surface area contributed by atoms with E-state index in [-0.39, 0.29) is 17.1 Å². The molecule has 0 atom stereocenters. The van der Waals surface area contributed by atoms with Gasteiger partial charge in [-0.25, -0.2) is 4.79 Å². The fourth-order valence-corrected chi connectivity index (χ4v) is 1.53. The van der Waals surface area contributed by atoms with E-state index in [2.05, 4.69) is 19.2 Å². The molecule has 0 saturated heterocycles. The van der Waals surface area contributed by atoms with Gasteiger partial charge >= 0.3 is 5.97 Å². The normalized spacial score (nSPS) is 12.1. The van der Waals surface area contributed by atoms with Crippen LogP contribution in [0.15, 0.2) is 35.4 Å². The predicted molar refractivity (Wildman–Crippen MR) is 75.2 cm³/mol. The van der Waals surface area contributed by atoms with Gasteiger partial charge in [-0.3, -0.25) is 4.79 Å². The zero-order valence-corrected chi connectivity index (χ0v) is 11.7. The molecule has 4 nitrogen and oxygen atoms in total. The number of anilines is 1. The summed E-state index contributed by atoms with van der Waals surface area (Å²) in [4.78, 5) is 22.7. The first-order chi connectivity index (χ1) is 8.82. The van der Waals surface area contributed by atoms with Crippen molar-refractivity contribution in [3.8, 4) is 0 Å². The van der Waals surface area contributed by atoms with Gasteiger partial charge < -0.3 is 10.4 Å². The monoisotopic (exact) mass is 261 g/mol. The Bertz CT molecular complexity index is 530. The number of amides is 1. The maximum atomic E-state index is 11.9. The molecule has 0 radical (unpaired) electrons. The fraction of sp³-hybridized carbons (Fsp3) is 0.333. The predicted octanol–water partition coefficient (Wildman–Crippen LogP) is 3.17. The summed E-state index contributed by atoms with van der Waals surface area (Å²) < 4.78 is 0. The van der Waals surface area contributed by atoms with Crippen molar-refractivity contribution in [2.24, 2.45) is 0 Å². The first-order valence-electron chi connectivity index (χ1n) is 6.15. The van der Waals surface area contributed by atoms with E-state index in [4.69, 9.17) is 5.11 Å². The molecule has 4 heteroatoms. The number of carboxylic acid groups (broad SMARTS) is 1. The van der Waals surface area contributed by atoms with Gasteiger partial charge in [0.05, 0.1) is 0 Å². The second-order valence-corrected chi connectivity index (χ2v) is 4.79. The molecule has 0 unspecified atom stereocenters. The molecular formula is C15H19NO3. The lowest BCUT2D eigenvalue weighted by atomic mass is 10.0. The van der Waals surface area contributed by atoms with Gasteiger partial charge in [-0.1, -0.05) is 26.0 Å². The lowest BCUT2D eigenvalue weighted by Gasteiger charge is -2.10. The average molecular weight is 261 g/mol. The summed E-state index contributed by atoms with van der Waals surface area (Å²) in [6.45, 7) is 7.06. The highest BCUT2D eigenvalue weighted by Crippen LogP contribution is 2.19. The van der Waals surface area contributed by atoms with Crippen LogP contribution in [0.25, 0.3) is 0 Å².